The predicted octanol–water partition coefficient (Wildman–Crippen LogP) is 4.84. The molecule has 2 aromatic carbocycles. The number of cyclic esters (lactones) is 1. The van der Waals surface area contributed by atoms with E-state index in [0.29, 0.717) is 38.5 Å². The molecule has 280 valence electrons. The van der Waals surface area contributed by atoms with Crippen molar-refractivity contribution in [2.24, 2.45) is 17.8 Å². The number of hydrogen-bond acceptors (Lipinski definition) is 12. The highest BCUT2D eigenvalue weighted by atomic mass is 127. The summed E-state index contributed by atoms with van der Waals surface area (Å²) in [7, 11) is 0. The second-order valence-electron chi connectivity index (χ2n) is 14.8. The first-order valence-corrected chi connectivity index (χ1v) is 19.7. The average molecular weight is 838 g/mol. The summed E-state index contributed by atoms with van der Waals surface area (Å²) in [6, 6.07) is 15.8. The van der Waals surface area contributed by atoms with Crippen LogP contribution in [0.25, 0.3) is 22.6 Å². The molecule has 11 nitrogen and oxygen atoms in total. The number of carbonyl (C=O) groups is 1. The topological polar surface area (TPSA) is 169 Å². The number of benzene rings is 2. The van der Waals surface area contributed by atoms with E-state index in [2.05, 4.69) is 34.5 Å². The molecule has 0 bridgehead atoms. The van der Waals surface area contributed by atoms with Crippen LogP contribution in [0.4, 0.5) is 0 Å². The SMILES string of the molecule is C[C@H]1CN(CCCNCc2nc3c(o2)-c2ccccc2Sc2ccccc2-3)[C@H](C)[C@@H](O)[C@](C)(O)[C@@H](I)OC(=O)[C@H](C)[C@@H](O)[C@H](C)[C@@H](O)[C@](C)(O)C1. The van der Waals surface area contributed by atoms with Crippen LogP contribution in [0.3, 0.4) is 0 Å². The number of nitrogens with one attached hydrogen (secondary N) is 1. The second kappa shape index (κ2) is 16.5. The Hall–Kier alpha value is -2.08. The Morgan fingerprint density at radius 3 is 2.29 bits per heavy atom. The van der Waals surface area contributed by atoms with Gasteiger partial charge in [-0.05, 0) is 94.3 Å². The van der Waals surface area contributed by atoms with Crippen molar-refractivity contribution >= 4 is 40.3 Å². The standard InChI is InChI=1S/C38H52IN3O8S/c1-21-18-37(5,47)33(44)22(2)31(43)23(3)35(46)50-36(39)38(6,48)34(45)24(4)42(20-21)17-11-16-40-19-29-41-30-25-12-7-9-14-27(25)51-28-15-10-8-13-26(28)32(30)49-29/h7-10,12-15,21-24,31,33-34,36,40,43-45,47-48H,11,16-20H2,1-6H3/t21-,22+,23-,24-,31+,33-,34-,36+,37-,38+/m1/s1. The zero-order valence-electron chi connectivity index (χ0n) is 30.1. The fourth-order valence-electron chi connectivity index (χ4n) is 7.27. The van der Waals surface area contributed by atoms with Crippen LogP contribution in [-0.2, 0) is 16.1 Å². The molecule has 0 saturated carbocycles. The molecule has 2 aliphatic heterocycles. The zero-order chi connectivity index (χ0) is 37.2. The Kier molecular flexibility index (Phi) is 13.0. The number of ether oxygens (including phenoxy) is 1. The van der Waals surface area contributed by atoms with Gasteiger partial charge in [-0.1, -0.05) is 62.0 Å². The molecule has 6 N–H and O–H groups in total. The fourth-order valence-corrected chi connectivity index (χ4v) is 8.97. The fraction of sp³-hybridized carbons (Fsp3) is 0.579. The lowest BCUT2D eigenvalue weighted by Gasteiger charge is -2.42. The molecule has 3 aromatic rings. The van der Waals surface area contributed by atoms with Crippen LogP contribution in [0.2, 0.25) is 0 Å². The number of aromatic nitrogens is 1. The van der Waals surface area contributed by atoms with Gasteiger partial charge in [0.2, 0.25) is 5.89 Å². The largest absolute Gasteiger partial charge is 0.448 e. The lowest BCUT2D eigenvalue weighted by molar-refractivity contribution is -0.176. The van der Waals surface area contributed by atoms with Gasteiger partial charge in [-0.25, -0.2) is 4.98 Å². The molecule has 0 aliphatic carbocycles. The van der Waals surface area contributed by atoms with Crippen LogP contribution in [0.15, 0.2) is 62.7 Å². The quantitative estimate of drug-likeness (QED) is 0.0678. The highest BCUT2D eigenvalue weighted by Gasteiger charge is 2.47. The molecule has 0 spiro atoms. The molecule has 1 aromatic heterocycles. The van der Waals surface area contributed by atoms with Crippen molar-refractivity contribution < 1.29 is 39.5 Å². The zero-order valence-corrected chi connectivity index (χ0v) is 33.1. The molecule has 10 atom stereocenters. The van der Waals surface area contributed by atoms with Gasteiger partial charge in [-0.2, -0.15) is 0 Å². The molecule has 2 aliphatic rings. The van der Waals surface area contributed by atoms with Gasteiger partial charge in [-0.15, -0.1) is 0 Å². The third-order valence-corrected chi connectivity index (χ3v) is 13.1. The van der Waals surface area contributed by atoms with Crippen LogP contribution in [0, 0.1) is 17.8 Å². The lowest BCUT2D eigenvalue weighted by atomic mass is 9.78. The van der Waals surface area contributed by atoms with E-state index in [0.717, 1.165) is 32.4 Å². The monoisotopic (exact) mass is 837 g/mol. The average Bonchev–Trinajstić information content (AvgIpc) is 3.47. The summed E-state index contributed by atoms with van der Waals surface area (Å²) in [5, 5.41) is 59.9. The van der Waals surface area contributed by atoms with Gasteiger partial charge in [0.05, 0.1) is 30.3 Å². The summed E-state index contributed by atoms with van der Waals surface area (Å²) in [5.74, 6) is -1.48. The molecule has 5 rings (SSSR count). The van der Waals surface area contributed by atoms with Crippen molar-refractivity contribution in [3.8, 4) is 22.6 Å². The van der Waals surface area contributed by atoms with E-state index in [-0.39, 0.29) is 12.3 Å². The van der Waals surface area contributed by atoms with Gasteiger partial charge in [0.1, 0.15) is 17.4 Å². The van der Waals surface area contributed by atoms with Gasteiger partial charge in [-0.3, -0.25) is 9.69 Å². The Bertz CT molecular complexity index is 1590. The third kappa shape index (κ3) is 8.84. The van der Waals surface area contributed by atoms with Crippen molar-refractivity contribution in [1.82, 2.24) is 15.2 Å². The van der Waals surface area contributed by atoms with E-state index in [1.54, 1.807) is 41.3 Å². The molecular weight excluding hydrogens is 785 g/mol. The summed E-state index contributed by atoms with van der Waals surface area (Å²) in [4.78, 5) is 22.2. The number of aliphatic hydroxyl groups is 5. The maximum Gasteiger partial charge on any atom is 0.312 e. The number of rotatable bonds is 6. The molecule has 1 fully saturated rings. The smallest absolute Gasteiger partial charge is 0.312 e. The molecule has 0 radical (unpaired) electrons. The number of halogens is 1. The van der Waals surface area contributed by atoms with E-state index < -0.39 is 57.5 Å². The number of hydrogen-bond donors (Lipinski definition) is 6. The summed E-state index contributed by atoms with van der Waals surface area (Å²) in [6.07, 6.45) is -3.06. The van der Waals surface area contributed by atoms with Crippen LogP contribution in [0.5, 0.6) is 0 Å². The highest BCUT2D eigenvalue weighted by Crippen LogP contribution is 2.47. The van der Waals surface area contributed by atoms with Crippen molar-refractivity contribution in [1.29, 1.82) is 0 Å². The van der Waals surface area contributed by atoms with E-state index in [1.807, 2.05) is 38.1 Å². The van der Waals surface area contributed by atoms with Crippen LogP contribution < -0.4 is 5.32 Å². The molecule has 51 heavy (non-hydrogen) atoms. The molecule has 0 amide bonds. The molecule has 1 saturated heterocycles. The van der Waals surface area contributed by atoms with Crippen molar-refractivity contribution in [3.05, 3.63) is 54.4 Å². The van der Waals surface area contributed by atoms with Gasteiger partial charge < -0.3 is 40.0 Å². The molecular formula is C38H52IN3O8S. The first kappa shape index (κ1) is 40.1. The van der Waals surface area contributed by atoms with E-state index in [1.165, 1.54) is 20.8 Å². The van der Waals surface area contributed by atoms with E-state index in [9.17, 15) is 30.3 Å². The number of carbonyl (C=O) groups excluding carboxylic acids is 1. The second-order valence-corrected chi connectivity index (χ2v) is 17.0. The van der Waals surface area contributed by atoms with Crippen molar-refractivity contribution in [2.45, 2.75) is 110 Å². The van der Waals surface area contributed by atoms with E-state index >= 15 is 0 Å². The van der Waals surface area contributed by atoms with Gasteiger partial charge in [0.25, 0.3) is 0 Å². The number of oxazole rings is 1. The molecule has 3 heterocycles. The first-order chi connectivity index (χ1) is 24.0. The minimum atomic E-state index is -1.82. The first-order valence-electron chi connectivity index (χ1n) is 17.7. The van der Waals surface area contributed by atoms with Crippen molar-refractivity contribution in [3.63, 3.8) is 0 Å². The third-order valence-electron chi connectivity index (χ3n) is 10.4. The van der Waals surface area contributed by atoms with Gasteiger partial charge in [0.15, 0.2) is 9.87 Å². The molecule has 0 unspecified atom stereocenters. The van der Waals surface area contributed by atoms with Crippen LogP contribution >= 0.6 is 34.4 Å². The maximum absolute atomic E-state index is 13.0. The normalized spacial score (nSPS) is 33.9. The number of fused-ring (bicyclic) bond motifs is 5. The summed E-state index contributed by atoms with van der Waals surface area (Å²) in [5.41, 5.74) is -0.519. The van der Waals surface area contributed by atoms with Crippen LogP contribution in [0.1, 0.15) is 60.3 Å². The van der Waals surface area contributed by atoms with Gasteiger partial charge >= 0.3 is 5.97 Å². The Labute approximate surface area is 318 Å². The summed E-state index contributed by atoms with van der Waals surface area (Å²) < 4.78 is 10.8. The minimum Gasteiger partial charge on any atom is -0.448 e. The predicted molar refractivity (Wildman–Crippen MR) is 204 cm³/mol. The summed E-state index contributed by atoms with van der Waals surface area (Å²) in [6.45, 7) is 11.8. The number of aliphatic hydroxyl groups excluding tert-OH is 3. The molecule has 13 heteroatoms. The van der Waals surface area contributed by atoms with Crippen molar-refractivity contribution in [2.75, 3.05) is 19.6 Å². The van der Waals surface area contributed by atoms with E-state index in [4.69, 9.17) is 14.1 Å². The van der Waals surface area contributed by atoms with Gasteiger partial charge in [0, 0.05) is 39.4 Å². The number of esters is 1. The van der Waals surface area contributed by atoms with Crippen LogP contribution in [-0.4, -0.2) is 101 Å². The number of nitrogens with zero attached hydrogens (tertiary/aromatic N) is 2. The summed E-state index contributed by atoms with van der Waals surface area (Å²) >= 11 is 3.50. The highest BCUT2D eigenvalue weighted by molar-refractivity contribution is 14.1. The Morgan fingerprint density at radius 1 is 0.980 bits per heavy atom. The Morgan fingerprint density at radius 2 is 1.61 bits per heavy atom. The maximum atomic E-state index is 13.0. The minimum absolute atomic E-state index is 0.144. The Balaban J connectivity index is 1.29. The lowest BCUT2D eigenvalue weighted by Crippen LogP contribution is -2.58. The number of alkyl halides is 1.